The van der Waals surface area contributed by atoms with Crippen LogP contribution in [0.4, 0.5) is 5.69 Å². The fourth-order valence-corrected chi connectivity index (χ4v) is 1.66. The van der Waals surface area contributed by atoms with Gasteiger partial charge < -0.3 is 5.32 Å². The number of aryl methyl sites for hydroxylation is 1. The summed E-state index contributed by atoms with van der Waals surface area (Å²) in [6, 6.07) is 8.73. The summed E-state index contributed by atoms with van der Waals surface area (Å²) in [5, 5.41) is 3.45. The third kappa shape index (κ3) is 4.87. The summed E-state index contributed by atoms with van der Waals surface area (Å²) in [6.07, 6.45) is 5.85. The first-order valence-corrected chi connectivity index (χ1v) is 5.99. The van der Waals surface area contributed by atoms with Gasteiger partial charge in [0.15, 0.2) is 0 Å². The third-order valence-electron chi connectivity index (χ3n) is 2.47. The largest absolute Gasteiger partial charge is 0.385 e. The molecule has 1 aromatic rings. The highest BCUT2D eigenvalue weighted by molar-refractivity contribution is 5.45. The number of hydrogen-bond acceptors (Lipinski definition) is 1. The van der Waals surface area contributed by atoms with E-state index in [4.69, 9.17) is 0 Å². The molecular formula is C14H22N. The molecule has 0 amide bonds. The molecule has 0 spiro atoms. The molecule has 0 unspecified atom stereocenters. The molecule has 83 valence electrons. The molecule has 1 radical (unpaired) electrons. The topological polar surface area (TPSA) is 12.0 Å². The van der Waals surface area contributed by atoms with Gasteiger partial charge in [0, 0.05) is 12.2 Å². The van der Waals surface area contributed by atoms with E-state index >= 15 is 0 Å². The fourth-order valence-electron chi connectivity index (χ4n) is 1.66. The van der Waals surface area contributed by atoms with Gasteiger partial charge in [0.2, 0.25) is 0 Å². The second-order valence-corrected chi connectivity index (χ2v) is 3.94. The normalized spacial score (nSPS) is 10.3. The van der Waals surface area contributed by atoms with E-state index in [1.54, 1.807) is 0 Å². The maximum absolute atomic E-state index is 3.84. The lowest BCUT2D eigenvalue weighted by Crippen LogP contribution is -2.01. The van der Waals surface area contributed by atoms with Crippen LogP contribution in [0.1, 0.15) is 38.2 Å². The van der Waals surface area contributed by atoms with E-state index in [-0.39, 0.29) is 0 Å². The van der Waals surface area contributed by atoms with Gasteiger partial charge in [-0.1, -0.05) is 45.2 Å². The van der Waals surface area contributed by atoms with E-state index in [0.29, 0.717) is 0 Å². The Balaban J connectivity index is 2.36. The Labute approximate surface area is 93.9 Å². The van der Waals surface area contributed by atoms with Crippen LogP contribution in [0.2, 0.25) is 0 Å². The second-order valence-electron chi connectivity index (χ2n) is 3.94. The molecular weight excluding hydrogens is 182 g/mol. The minimum Gasteiger partial charge on any atom is -0.385 e. The van der Waals surface area contributed by atoms with Crippen LogP contribution in [0, 0.1) is 6.92 Å². The molecule has 0 aliphatic carbocycles. The monoisotopic (exact) mass is 204 g/mol. The summed E-state index contributed by atoms with van der Waals surface area (Å²) in [7, 11) is 0. The van der Waals surface area contributed by atoms with Crippen LogP contribution in [0.15, 0.2) is 24.3 Å². The van der Waals surface area contributed by atoms with Crippen molar-refractivity contribution >= 4 is 5.69 Å². The van der Waals surface area contributed by atoms with Crippen LogP contribution in [0.3, 0.4) is 0 Å². The van der Waals surface area contributed by atoms with Gasteiger partial charge in [-0.2, -0.15) is 0 Å². The molecule has 0 aliphatic rings. The van der Waals surface area contributed by atoms with Crippen LogP contribution in [0.25, 0.3) is 0 Å². The van der Waals surface area contributed by atoms with Gasteiger partial charge in [-0.3, -0.25) is 0 Å². The SMILES string of the molecule is [CH2]CCCCNc1cccc(CCC)c1. The van der Waals surface area contributed by atoms with Gasteiger partial charge in [-0.25, -0.2) is 0 Å². The zero-order valence-electron chi connectivity index (χ0n) is 9.76. The van der Waals surface area contributed by atoms with E-state index in [2.05, 4.69) is 43.4 Å². The molecule has 15 heavy (non-hydrogen) atoms. The minimum atomic E-state index is 1.04. The Bertz CT molecular complexity index is 268. The Morgan fingerprint density at radius 1 is 1.27 bits per heavy atom. The standard InChI is InChI=1S/C14H22N/c1-3-5-6-11-15-14-10-7-9-13(12-14)8-4-2/h7,9-10,12,15H,1,3-6,8,11H2,2H3. The fraction of sp³-hybridized carbons (Fsp3) is 0.500. The number of nitrogens with one attached hydrogen (secondary N) is 1. The second kappa shape index (κ2) is 7.33. The van der Waals surface area contributed by atoms with Crippen molar-refractivity contribution in [1.29, 1.82) is 0 Å². The van der Waals surface area contributed by atoms with Gasteiger partial charge in [-0.05, 0) is 30.5 Å². The zero-order valence-corrected chi connectivity index (χ0v) is 9.76. The maximum atomic E-state index is 3.84. The molecule has 1 N–H and O–H groups in total. The molecule has 0 aromatic heterocycles. The molecule has 0 bridgehead atoms. The molecule has 1 nitrogen and oxygen atoms in total. The van der Waals surface area contributed by atoms with Gasteiger partial charge in [0.05, 0.1) is 0 Å². The first-order valence-electron chi connectivity index (χ1n) is 5.99. The summed E-state index contributed by atoms with van der Waals surface area (Å²) in [5.74, 6) is 0. The van der Waals surface area contributed by atoms with E-state index in [9.17, 15) is 0 Å². The van der Waals surface area contributed by atoms with Gasteiger partial charge in [-0.15, -0.1) is 0 Å². The van der Waals surface area contributed by atoms with Crippen molar-refractivity contribution in [3.63, 3.8) is 0 Å². The van der Waals surface area contributed by atoms with Crippen molar-refractivity contribution in [2.45, 2.75) is 39.0 Å². The molecule has 1 aromatic carbocycles. The number of unbranched alkanes of at least 4 members (excludes halogenated alkanes) is 2. The van der Waals surface area contributed by atoms with Crippen molar-refractivity contribution in [2.75, 3.05) is 11.9 Å². The third-order valence-corrected chi connectivity index (χ3v) is 2.47. The summed E-state index contributed by atoms with van der Waals surface area (Å²) in [5.41, 5.74) is 2.68. The van der Waals surface area contributed by atoms with E-state index in [1.165, 1.54) is 36.9 Å². The van der Waals surface area contributed by atoms with Crippen LogP contribution in [0.5, 0.6) is 0 Å². The quantitative estimate of drug-likeness (QED) is 0.660. The Morgan fingerprint density at radius 2 is 2.13 bits per heavy atom. The van der Waals surface area contributed by atoms with Crippen molar-refractivity contribution in [2.24, 2.45) is 0 Å². The summed E-state index contributed by atoms with van der Waals surface area (Å²) in [6.45, 7) is 7.12. The van der Waals surface area contributed by atoms with Crippen molar-refractivity contribution < 1.29 is 0 Å². The molecule has 0 atom stereocenters. The lowest BCUT2D eigenvalue weighted by Gasteiger charge is -2.07. The minimum absolute atomic E-state index is 1.04. The molecule has 0 saturated heterocycles. The molecule has 1 heteroatoms. The van der Waals surface area contributed by atoms with E-state index in [0.717, 1.165) is 13.0 Å². The average Bonchev–Trinajstić information content (AvgIpc) is 2.26. The first-order chi connectivity index (χ1) is 7.36. The Morgan fingerprint density at radius 3 is 2.87 bits per heavy atom. The average molecular weight is 204 g/mol. The van der Waals surface area contributed by atoms with Gasteiger partial charge in [0.25, 0.3) is 0 Å². The summed E-state index contributed by atoms with van der Waals surface area (Å²) in [4.78, 5) is 0. The predicted octanol–water partition coefficient (Wildman–Crippen LogP) is 4.06. The van der Waals surface area contributed by atoms with Crippen molar-refractivity contribution in [1.82, 2.24) is 0 Å². The summed E-state index contributed by atoms with van der Waals surface area (Å²) >= 11 is 0. The van der Waals surface area contributed by atoms with Crippen LogP contribution >= 0.6 is 0 Å². The lowest BCUT2D eigenvalue weighted by molar-refractivity contribution is 0.777. The molecule has 1 rings (SSSR count). The van der Waals surface area contributed by atoms with Crippen LogP contribution in [-0.2, 0) is 6.42 Å². The summed E-state index contributed by atoms with van der Waals surface area (Å²) < 4.78 is 0. The Hall–Kier alpha value is -0.980. The van der Waals surface area contributed by atoms with E-state index < -0.39 is 0 Å². The van der Waals surface area contributed by atoms with Gasteiger partial charge in [0.1, 0.15) is 0 Å². The highest BCUT2D eigenvalue weighted by Gasteiger charge is 1.94. The Kier molecular flexibility index (Phi) is 5.91. The maximum Gasteiger partial charge on any atom is 0.0342 e. The lowest BCUT2D eigenvalue weighted by atomic mass is 10.1. The van der Waals surface area contributed by atoms with Crippen LogP contribution in [-0.4, -0.2) is 6.54 Å². The highest BCUT2D eigenvalue weighted by Crippen LogP contribution is 2.12. The number of benzene rings is 1. The van der Waals surface area contributed by atoms with Crippen molar-refractivity contribution in [3.8, 4) is 0 Å². The molecule has 0 aliphatic heterocycles. The van der Waals surface area contributed by atoms with E-state index in [1.807, 2.05) is 0 Å². The number of hydrogen-bond donors (Lipinski definition) is 1. The smallest absolute Gasteiger partial charge is 0.0342 e. The zero-order chi connectivity index (χ0) is 10.9. The first kappa shape index (κ1) is 12.1. The molecule has 0 heterocycles. The van der Waals surface area contributed by atoms with Crippen molar-refractivity contribution in [3.05, 3.63) is 36.8 Å². The number of rotatable bonds is 7. The highest BCUT2D eigenvalue weighted by atomic mass is 14.9. The van der Waals surface area contributed by atoms with Crippen LogP contribution < -0.4 is 5.32 Å². The van der Waals surface area contributed by atoms with Gasteiger partial charge >= 0.3 is 0 Å². The molecule has 0 saturated carbocycles. The molecule has 0 fully saturated rings. The number of anilines is 1. The predicted molar refractivity (Wildman–Crippen MR) is 68.1 cm³/mol.